The molecule has 0 aromatic heterocycles. The Morgan fingerprint density at radius 2 is 1.41 bits per heavy atom. The van der Waals surface area contributed by atoms with Gasteiger partial charge in [0.2, 0.25) is 5.91 Å². The number of amides is 1. The summed E-state index contributed by atoms with van der Waals surface area (Å²) < 4.78 is 10.6. The van der Waals surface area contributed by atoms with E-state index in [1.54, 1.807) is 32.4 Å². The van der Waals surface area contributed by atoms with Gasteiger partial charge in [-0.15, -0.1) is 11.8 Å². The van der Waals surface area contributed by atoms with E-state index in [9.17, 15) is 4.79 Å². The zero-order valence-corrected chi connectivity index (χ0v) is 16.0. The minimum atomic E-state index is -0.384. The minimum absolute atomic E-state index is 0.106. The van der Waals surface area contributed by atoms with Crippen molar-refractivity contribution < 1.29 is 14.3 Å². The third-order valence-corrected chi connectivity index (χ3v) is 5.22. The molecule has 0 radical (unpaired) electrons. The van der Waals surface area contributed by atoms with Crippen LogP contribution in [0.15, 0.2) is 83.8 Å². The van der Waals surface area contributed by atoms with Gasteiger partial charge in [-0.25, -0.2) is 0 Å². The van der Waals surface area contributed by atoms with Crippen LogP contribution in [0.5, 0.6) is 11.5 Å². The Bertz CT molecular complexity index is 862. The second kappa shape index (κ2) is 9.14. The summed E-state index contributed by atoms with van der Waals surface area (Å²) in [7, 11) is 3.16. The van der Waals surface area contributed by atoms with Crippen LogP contribution < -0.4 is 14.8 Å². The molecule has 3 aromatic carbocycles. The molecular formula is C22H21NO3S. The van der Waals surface area contributed by atoms with Gasteiger partial charge in [-0.2, -0.15) is 0 Å². The van der Waals surface area contributed by atoms with E-state index < -0.39 is 0 Å². The quantitative estimate of drug-likeness (QED) is 0.575. The van der Waals surface area contributed by atoms with E-state index in [-0.39, 0.29) is 11.2 Å². The molecule has 0 aliphatic carbocycles. The molecule has 27 heavy (non-hydrogen) atoms. The Morgan fingerprint density at radius 1 is 0.852 bits per heavy atom. The van der Waals surface area contributed by atoms with E-state index >= 15 is 0 Å². The molecule has 0 saturated carbocycles. The highest BCUT2D eigenvalue weighted by Crippen LogP contribution is 2.36. The van der Waals surface area contributed by atoms with Crippen LogP contribution in [0.1, 0.15) is 10.8 Å². The standard InChI is InChI=1S/C22H21NO3S/c1-25-18-13-17(14-19(15-18)26-2)23-22(24)21(16-9-5-3-6-10-16)27-20-11-7-4-8-12-20/h3-15,21H,1-2H3,(H,23,24)/t21-/m0/s1. The molecule has 0 fully saturated rings. The molecule has 0 unspecified atom stereocenters. The van der Waals surface area contributed by atoms with Crippen LogP contribution in [0, 0.1) is 0 Å². The van der Waals surface area contributed by atoms with Crippen LogP contribution in [-0.2, 0) is 4.79 Å². The van der Waals surface area contributed by atoms with Crippen molar-refractivity contribution in [2.75, 3.05) is 19.5 Å². The number of rotatable bonds is 7. The number of thioether (sulfide) groups is 1. The summed E-state index contributed by atoms with van der Waals surface area (Å²) >= 11 is 1.51. The minimum Gasteiger partial charge on any atom is -0.497 e. The summed E-state index contributed by atoms with van der Waals surface area (Å²) in [4.78, 5) is 14.1. The van der Waals surface area contributed by atoms with E-state index in [0.717, 1.165) is 10.5 Å². The molecule has 1 N–H and O–H groups in total. The van der Waals surface area contributed by atoms with Gasteiger partial charge < -0.3 is 14.8 Å². The molecule has 3 aromatic rings. The lowest BCUT2D eigenvalue weighted by Gasteiger charge is -2.18. The summed E-state index contributed by atoms with van der Waals surface area (Å²) in [5.74, 6) is 1.14. The average Bonchev–Trinajstić information content (AvgIpc) is 2.73. The van der Waals surface area contributed by atoms with Gasteiger partial charge in [-0.05, 0) is 17.7 Å². The van der Waals surface area contributed by atoms with Gasteiger partial charge in [0.25, 0.3) is 0 Å². The monoisotopic (exact) mass is 379 g/mol. The second-order valence-electron chi connectivity index (χ2n) is 5.81. The average molecular weight is 379 g/mol. The molecule has 1 atom stereocenters. The summed E-state index contributed by atoms with van der Waals surface area (Å²) in [5.41, 5.74) is 1.57. The smallest absolute Gasteiger partial charge is 0.242 e. The first kappa shape index (κ1) is 18.9. The SMILES string of the molecule is COc1cc(NC(=O)[C@@H](Sc2ccccc2)c2ccccc2)cc(OC)c1. The molecular weight excluding hydrogens is 358 g/mol. The van der Waals surface area contributed by atoms with Crippen LogP contribution in [0.3, 0.4) is 0 Å². The third-order valence-electron chi connectivity index (χ3n) is 3.96. The topological polar surface area (TPSA) is 47.6 Å². The van der Waals surface area contributed by atoms with Gasteiger partial charge >= 0.3 is 0 Å². The van der Waals surface area contributed by atoms with Crippen LogP contribution in [-0.4, -0.2) is 20.1 Å². The van der Waals surface area contributed by atoms with Crippen molar-refractivity contribution in [1.29, 1.82) is 0 Å². The maximum absolute atomic E-state index is 13.1. The zero-order chi connectivity index (χ0) is 19.1. The Balaban J connectivity index is 1.87. The summed E-state index contributed by atoms with van der Waals surface area (Å²) in [5, 5.41) is 2.61. The molecule has 0 aliphatic rings. The Kier molecular flexibility index (Phi) is 6.39. The van der Waals surface area contributed by atoms with Crippen molar-refractivity contribution in [3.05, 3.63) is 84.4 Å². The van der Waals surface area contributed by atoms with Crippen molar-refractivity contribution >= 4 is 23.4 Å². The number of carbonyl (C=O) groups is 1. The fourth-order valence-electron chi connectivity index (χ4n) is 2.62. The molecule has 0 bridgehead atoms. The van der Waals surface area contributed by atoms with Gasteiger partial charge in [0.05, 0.1) is 14.2 Å². The Hall–Kier alpha value is -2.92. The van der Waals surface area contributed by atoms with Crippen molar-refractivity contribution in [1.82, 2.24) is 0 Å². The summed E-state index contributed by atoms with van der Waals surface area (Å²) in [6, 6.07) is 25.0. The molecule has 5 heteroatoms. The summed E-state index contributed by atoms with van der Waals surface area (Å²) in [6.45, 7) is 0. The van der Waals surface area contributed by atoms with Gasteiger partial charge in [0.15, 0.2) is 0 Å². The molecule has 0 heterocycles. The number of benzene rings is 3. The summed E-state index contributed by atoms with van der Waals surface area (Å²) in [6.07, 6.45) is 0. The van der Waals surface area contributed by atoms with E-state index in [4.69, 9.17) is 9.47 Å². The first-order chi connectivity index (χ1) is 13.2. The second-order valence-corrected chi connectivity index (χ2v) is 6.99. The van der Waals surface area contributed by atoms with Crippen LogP contribution >= 0.6 is 11.8 Å². The highest BCUT2D eigenvalue weighted by molar-refractivity contribution is 8.00. The van der Waals surface area contributed by atoms with Crippen molar-refractivity contribution in [2.45, 2.75) is 10.1 Å². The molecule has 138 valence electrons. The van der Waals surface area contributed by atoms with Gasteiger partial charge in [0, 0.05) is 28.8 Å². The highest BCUT2D eigenvalue weighted by atomic mass is 32.2. The predicted octanol–water partition coefficient (Wildman–Crippen LogP) is 5.18. The number of hydrogen-bond donors (Lipinski definition) is 1. The lowest BCUT2D eigenvalue weighted by molar-refractivity contribution is -0.115. The number of ether oxygens (including phenoxy) is 2. The van der Waals surface area contributed by atoms with Crippen molar-refractivity contribution in [3.8, 4) is 11.5 Å². The number of methoxy groups -OCH3 is 2. The number of nitrogens with one attached hydrogen (secondary N) is 1. The first-order valence-electron chi connectivity index (χ1n) is 8.50. The highest BCUT2D eigenvalue weighted by Gasteiger charge is 2.22. The lowest BCUT2D eigenvalue weighted by atomic mass is 10.1. The lowest BCUT2D eigenvalue weighted by Crippen LogP contribution is -2.19. The van der Waals surface area contributed by atoms with Crippen LogP contribution in [0.4, 0.5) is 5.69 Å². The van der Waals surface area contributed by atoms with E-state index in [0.29, 0.717) is 17.2 Å². The van der Waals surface area contributed by atoms with Crippen molar-refractivity contribution in [3.63, 3.8) is 0 Å². The Labute approximate surface area is 163 Å². The third kappa shape index (κ3) is 5.05. The zero-order valence-electron chi connectivity index (χ0n) is 15.2. The maximum atomic E-state index is 13.1. The fourth-order valence-corrected chi connectivity index (χ4v) is 3.67. The molecule has 0 spiro atoms. The Morgan fingerprint density at radius 3 is 1.96 bits per heavy atom. The van der Waals surface area contributed by atoms with E-state index in [1.807, 2.05) is 60.7 Å². The maximum Gasteiger partial charge on any atom is 0.242 e. The largest absolute Gasteiger partial charge is 0.497 e. The molecule has 0 aliphatic heterocycles. The first-order valence-corrected chi connectivity index (χ1v) is 9.38. The van der Waals surface area contributed by atoms with Gasteiger partial charge in [0.1, 0.15) is 16.7 Å². The molecule has 3 rings (SSSR count). The number of carbonyl (C=O) groups excluding carboxylic acids is 1. The molecule has 0 saturated heterocycles. The predicted molar refractivity (Wildman–Crippen MR) is 110 cm³/mol. The van der Waals surface area contributed by atoms with Gasteiger partial charge in [-0.3, -0.25) is 4.79 Å². The van der Waals surface area contributed by atoms with Gasteiger partial charge in [-0.1, -0.05) is 48.5 Å². The van der Waals surface area contributed by atoms with E-state index in [1.165, 1.54) is 11.8 Å². The van der Waals surface area contributed by atoms with Crippen LogP contribution in [0.25, 0.3) is 0 Å². The fraction of sp³-hybridized carbons (Fsp3) is 0.136. The van der Waals surface area contributed by atoms with Crippen molar-refractivity contribution in [2.24, 2.45) is 0 Å². The van der Waals surface area contributed by atoms with Crippen LogP contribution in [0.2, 0.25) is 0 Å². The normalized spacial score (nSPS) is 11.5. The number of hydrogen-bond acceptors (Lipinski definition) is 4. The molecule has 4 nitrogen and oxygen atoms in total. The number of anilines is 1. The molecule has 1 amide bonds. The van der Waals surface area contributed by atoms with E-state index in [2.05, 4.69) is 5.32 Å².